The highest BCUT2D eigenvalue weighted by molar-refractivity contribution is 5.95. The lowest BCUT2D eigenvalue weighted by Crippen LogP contribution is -2.58. The van der Waals surface area contributed by atoms with Crippen LogP contribution >= 0.6 is 0 Å². The van der Waals surface area contributed by atoms with E-state index in [9.17, 15) is 14.7 Å². The van der Waals surface area contributed by atoms with Gasteiger partial charge in [0.15, 0.2) is 0 Å². The van der Waals surface area contributed by atoms with Gasteiger partial charge in [-0.15, -0.1) is 0 Å². The summed E-state index contributed by atoms with van der Waals surface area (Å²) in [5.41, 5.74) is 4.71. The first-order valence-corrected chi connectivity index (χ1v) is 10.4. The molecule has 3 heterocycles. The van der Waals surface area contributed by atoms with Crippen LogP contribution in [-0.4, -0.2) is 63.5 Å². The molecule has 3 aliphatic heterocycles. The van der Waals surface area contributed by atoms with Gasteiger partial charge in [0, 0.05) is 44.1 Å². The van der Waals surface area contributed by atoms with Gasteiger partial charge in [-0.25, -0.2) is 5.01 Å². The van der Waals surface area contributed by atoms with E-state index in [2.05, 4.69) is 10.7 Å². The van der Waals surface area contributed by atoms with Gasteiger partial charge in [0.05, 0.1) is 5.70 Å². The molecule has 3 N–H and O–H groups in total. The number of carbonyl (C=O) groups is 2. The van der Waals surface area contributed by atoms with E-state index in [1.165, 1.54) is 0 Å². The van der Waals surface area contributed by atoms with Gasteiger partial charge in [0.2, 0.25) is 0 Å². The van der Waals surface area contributed by atoms with E-state index in [1.807, 2.05) is 53.8 Å². The number of aliphatic hydroxyl groups is 1. The molecule has 0 bridgehead atoms. The molecule has 156 valence electrons. The highest BCUT2D eigenvalue weighted by Gasteiger charge is 2.45. The number of hydrazine groups is 1. The number of hydrogen-bond acceptors (Lipinski definition) is 6. The molecule has 5 rings (SSSR count). The lowest BCUT2D eigenvalue weighted by molar-refractivity contribution is -0.161. The van der Waals surface area contributed by atoms with Gasteiger partial charge >= 0.3 is 0 Å². The Balaban J connectivity index is 1.20. The van der Waals surface area contributed by atoms with Gasteiger partial charge in [-0.1, -0.05) is 12.1 Å². The quantitative estimate of drug-likeness (QED) is 0.692. The third kappa shape index (κ3) is 3.23. The van der Waals surface area contributed by atoms with Crippen molar-refractivity contribution in [3.05, 3.63) is 65.8 Å². The molecule has 30 heavy (non-hydrogen) atoms. The molecule has 1 saturated heterocycles. The predicted octanol–water partition coefficient (Wildman–Crippen LogP) is 0.963. The molecule has 8 heteroatoms. The standard InChI is InChI=1S/C22H25N5O3/c28-20(25-12-14-26(15-13-25)21(29)22(30)8-1-9-22)17-4-2-16(3-5-17)18-6-7-19-23-10-11-27(19)24-18/h2-7,10-11,23-24,30H,1,8-9,12-15H2. The molecular formula is C22H25N5O3. The molecule has 0 radical (unpaired) electrons. The molecule has 1 saturated carbocycles. The number of carbonyl (C=O) groups excluding carboxylic acids is 2. The van der Waals surface area contributed by atoms with Crippen LogP contribution in [0.1, 0.15) is 35.2 Å². The Labute approximate surface area is 175 Å². The monoisotopic (exact) mass is 407 g/mol. The Morgan fingerprint density at radius 1 is 0.967 bits per heavy atom. The summed E-state index contributed by atoms with van der Waals surface area (Å²) in [6.45, 7) is 1.90. The third-order valence-corrected chi connectivity index (χ3v) is 6.24. The normalized spacial score (nSPS) is 21.7. The molecule has 2 amide bonds. The van der Waals surface area contributed by atoms with Crippen LogP contribution in [0.2, 0.25) is 0 Å². The van der Waals surface area contributed by atoms with E-state index in [0.29, 0.717) is 44.6 Å². The van der Waals surface area contributed by atoms with Gasteiger partial charge in [-0.3, -0.25) is 15.0 Å². The van der Waals surface area contributed by atoms with Crippen LogP contribution in [0.25, 0.3) is 5.70 Å². The molecule has 0 aromatic heterocycles. The fourth-order valence-corrected chi connectivity index (χ4v) is 4.17. The Morgan fingerprint density at radius 2 is 1.67 bits per heavy atom. The number of rotatable bonds is 3. The fourth-order valence-electron chi connectivity index (χ4n) is 4.17. The van der Waals surface area contributed by atoms with Crippen LogP contribution in [0.3, 0.4) is 0 Å². The molecule has 0 atom stereocenters. The van der Waals surface area contributed by atoms with Crippen LogP contribution in [0, 0.1) is 0 Å². The van der Waals surface area contributed by atoms with E-state index in [0.717, 1.165) is 23.5 Å². The van der Waals surface area contributed by atoms with Gasteiger partial charge in [-0.2, -0.15) is 0 Å². The van der Waals surface area contributed by atoms with E-state index in [4.69, 9.17) is 0 Å². The number of hydrogen-bond donors (Lipinski definition) is 3. The van der Waals surface area contributed by atoms with Crippen molar-refractivity contribution >= 4 is 17.5 Å². The second-order valence-corrected chi connectivity index (χ2v) is 8.12. The highest BCUT2D eigenvalue weighted by Crippen LogP contribution is 2.33. The zero-order chi connectivity index (χ0) is 20.7. The smallest absolute Gasteiger partial charge is 0.254 e. The van der Waals surface area contributed by atoms with Gasteiger partial charge < -0.3 is 20.2 Å². The van der Waals surface area contributed by atoms with Crippen LogP contribution < -0.4 is 10.7 Å². The number of amides is 2. The highest BCUT2D eigenvalue weighted by atomic mass is 16.3. The number of fused-ring (bicyclic) bond motifs is 1. The zero-order valence-electron chi connectivity index (χ0n) is 16.7. The maximum Gasteiger partial charge on any atom is 0.254 e. The van der Waals surface area contributed by atoms with Crippen molar-refractivity contribution in [2.75, 3.05) is 26.2 Å². The summed E-state index contributed by atoms with van der Waals surface area (Å²) in [6.07, 6.45) is 9.74. The molecule has 1 aliphatic carbocycles. The summed E-state index contributed by atoms with van der Waals surface area (Å²) in [6, 6.07) is 7.55. The van der Waals surface area contributed by atoms with Crippen molar-refractivity contribution in [3.63, 3.8) is 0 Å². The molecule has 4 aliphatic rings. The molecule has 8 nitrogen and oxygen atoms in total. The summed E-state index contributed by atoms with van der Waals surface area (Å²) in [5.74, 6) is 0.752. The minimum absolute atomic E-state index is 0.0320. The largest absolute Gasteiger partial charge is 0.380 e. The first kappa shape index (κ1) is 18.7. The first-order valence-electron chi connectivity index (χ1n) is 10.4. The topological polar surface area (TPSA) is 88.2 Å². The lowest BCUT2D eigenvalue weighted by Gasteiger charge is -2.42. The van der Waals surface area contributed by atoms with Crippen LogP contribution in [0.5, 0.6) is 0 Å². The second-order valence-electron chi connectivity index (χ2n) is 8.12. The van der Waals surface area contributed by atoms with Crippen LogP contribution in [0.4, 0.5) is 0 Å². The number of benzene rings is 1. The van der Waals surface area contributed by atoms with E-state index in [-0.39, 0.29) is 11.8 Å². The maximum absolute atomic E-state index is 12.9. The molecule has 2 fully saturated rings. The molecule has 1 aromatic rings. The van der Waals surface area contributed by atoms with Crippen LogP contribution in [-0.2, 0) is 4.79 Å². The van der Waals surface area contributed by atoms with Crippen molar-refractivity contribution in [1.29, 1.82) is 0 Å². The Kier molecular flexibility index (Phi) is 4.51. The third-order valence-electron chi connectivity index (χ3n) is 6.24. The van der Waals surface area contributed by atoms with Crippen molar-refractivity contribution in [2.45, 2.75) is 24.9 Å². The predicted molar refractivity (Wildman–Crippen MR) is 111 cm³/mol. The van der Waals surface area contributed by atoms with Crippen molar-refractivity contribution < 1.29 is 14.7 Å². The average molecular weight is 407 g/mol. The summed E-state index contributed by atoms with van der Waals surface area (Å²) >= 11 is 0. The molecular weight excluding hydrogens is 382 g/mol. The number of piperazine rings is 1. The lowest BCUT2D eigenvalue weighted by atomic mass is 9.79. The summed E-state index contributed by atoms with van der Waals surface area (Å²) in [4.78, 5) is 28.8. The van der Waals surface area contributed by atoms with E-state index >= 15 is 0 Å². The minimum Gasteiger partial charge on any atom is -0.380 e. The van der Waals surface area contributed by atoms with E-state index < -0.39 is 5.60 Å². The summed E-state index contributed by atoms with van der Waals surface area (Å²) in [5, 5.41) is 15.3. The Hall–Kier alpha value is -3.26. The Bertz CT molecular complexity index is 953. The molecule has 0 unspecified atom stereocenters. The Morgan fingerprint density at radius 3 is 2.33 bits per heavy atom. The maximum atomic E-state index is 12.9. The number of nitrogens with one attached hydrogen (secondary N) is 2. The zero-order valence-corrected chi connectivity index (χ0v) is 16.7. The minimum atomic E-state index is -1.17. The van der Waals surface area contributed by atoms with Crippen LogP contribution in [0.15, 0.2) is 54.6 Å². The molecule has 0 spiro atoms. The van der Waals surface area contributed by atoms with Gasteiger partial charge in [0.25, 0.3) is 11.8 Å². The SMILES string of the molecule is O=C(c1ccc(C2=CC=C3NC=CN3N2)cc1)N1CCN(C(=O)C2(O)CCC2)CC1. The number of allylic oxidation sites excluding steroid dienone is 2. The first-order chi connectivity index (χ1) is 14.5. The van der Waals surface area contributed by atoms with E-state index in [1.54, 1.807) is 9.80 Å². The van der Waals surface area contributed by atoms with Crippen molar-refractivity contribution in [2.24, 2.45) is 0 Å². The summed E-state index contributed by atoms with van der Waals surface area (Å²) < 4.78 is 0. The van der Waals surface area contributed by atoms with Crippen molar-refractivity contribution in [1.82, 2.24) is 25.6 Å². The van der Waals surface area contributed by atoms with Gasteiger partial charge in [0.1, 0.15) is 11.4 Å². The van der Waals surface area contributed by atoms with Crippen molar-refractivity contribution in [3.8, 4) is 0 Å². The number of nitrogens with zero attached hydrogens (tertiary/aromatic N) is 3. The summed E-state index contributed by atoms with van der Waals surface area (Å²) in [7, 11) is 0. The fraction of sp³-hybridized carbons (Fsp3) is 0.364. The molecule has 1 aromatic carbocycles. The van der Waals surface area contributed by atoms with Gasteiger partial charge in [-0.05, 0) is 49.1 Å². The average Bonchev–Trinajstić information content (AvgIpc) is 3.24. The second kappa shape index (κ2) is 7.21.